The molecule has 1 aliphatic heterocycles. The summed E-state index contributed by atoms with van der Waals surface area (Å²) in [6.45, 7) is 1.87. The van der Waals surface area contributed by atoms with Crippen molar-refractivity contribution in [3.63, 3.8) is 0 Å². The number of anilines is 2. The van der Waals surface area contributed by atoms with E-state index in [2.05, 4.69) is 4.90 Å². The molecule has 1 fully saturated rings. The molecule has 20 heavy (non-hydrogen) atoms. The Hall–Kier alpha value is -1.79. The van der Waals surface area contributed by atoms with Crippen LogP contribution >= 0.6 is 0 Å². The second-order valence-electron chi connectivity index (χ2n) is 5.09. The van der Waals surface area contributed by atoms with E-state index in [9.17, 15) is 4.79 Å². The maximum Gasteiger partial charge on any atom is 0.253 e. The highest BCUT2D eigenvalue weighted by molar-refractivity contribution is 5.95. The molecule has 2 rings (SSSR count). The maximum absolute atomic E-state index is 11.9. The number of aliphatic hydroxyl groups excluding tert-OH is 1. The molecule has 0 aliphatic carbocycles. The van der Waals surface area contributed by atoms with Crippen LogP contribution in [0.2, 0.25) is 0 Å². The second-order valence-corrected chi connectivity index (χ2v) is 5.09. The molecule has 6 heteroatoms. The molecule has 1 unspecified atom stereocenters. The van der Waals surface area contributed by atoms with Gasteiger partial charge in [0.25, 0.3) is 5.91 Å². The molecule has 1 saturated heterocycles. The molecule has 1 aromatic carbocycles. The van der Waals surface area contributed by atoms with Gasteiger partial charge in [0, 0.05) is 32.7 Å². The fourth-order valence-electron chi connectivity index (χ4n) is 2.28. The van der Waals surface area contributed by atoms with Crippen LogP contribution in [0.3, 0.4) is 0 Å². The smallest absolute Gasteiger partial charge is 0.253 e. The van der Waals surface area contributed by atoms with Gasteiger partial charge in [-0.05, 0) is 18.2 Å². The van der Waals surface area contributed by atoms with Crippen LogP contribution in [-0.4, -0.2) is 62.4 Å². The van der Waals surface area contributed by atoms with Crippen molar-refractivity contribution in [2.75, 3.05) is 51.0 Å². The molecule has 1 amide bonds. The fraction of sp³-hybridized carbons (Fsp3) is 0.500. The third-order valence-electron chi connectivity index (χ3n) is 3.36. The minimum absolute atomic E-state index is 0.00635. The lowest BCUT2D eigenvalue weighted by atomic mass is 10.1. The normalized spacial score (nSPS) is 18.9. The Kier molecular flexibility index (Phi) is 4.46. The van der Waals surface area contributed by atoms with Crippen LogP contribution in [-0.2, 0) is 4.74 Å². The van der Waals surface area contributed by atoms with E-state index in [1.54, 1.807) is 26.2 Å². The summed E-state index contributed by atoms with van der Waals surface area (Å²) in [5.41, 5.74) is 8.08. The predicted octanol–water partition coefficient (Wildman–Crippen LogP) is 0.168. The van der Waals surface area contributed by atoms with E-state index in [-0.39, 0.29) is 18.6 Å². The van der Waals surface area contributed by atoms with Crippen molar-refractivity contribution in [3.05, 3.63) is 23.8 Å². The van der Waals surface area contributed by atoms with Gasteiger partial charge in [0.15, 0.2) is 0 Å². The minimum Gasteiger partial charge on any atom is -0.397 e. The number of carbonyl (C=O) groups excluding carboxylic acids is 1. The van der Waals surface area contributed by atoms with Crippen molar-refractivity contribution >= 4 is 17.3 Å². The van der Waals surface area contributed by atoms with Crippen molar-refractivity contribution in [1.29, 1.82) is 0 Å². The van der Waals surface area contributed by atoms with Crippen molar-refractivity contribution in [2.45, 2.75) is 6.10 Å². The van der Waals surface area contributed by atoms with E-state index in [1.807, 2.05) is 6.07 Å². The molecule has 110 valence electrons. The summed E-state index contributed by atoms with van der Waals surface area (Å²) in [6.07, 6.45) is -0.189. The molecule has 1 heterocycles. The van der Waals surface area contributed by atoms with Crippen LogP contribution in [0.5, 0.6) is 0 Å². The van der Waals surface area contributed by atoms with Crippen LogP contribution in [0.15, 0.2) is 18.2 Å². The van der Waals surface area contributed by atoms with Gasteiger partial charge in [-0.1, -0.05) is 0 Å². The van der Waals surface area contributed by atoms with Gasteiger partial charge in [-0.25, -0.2) is 0 Å². The number of benzene rings is 1. The highest BCUT2D eigenvalue weighted by Crippen LogP contribution is 2.26. The number of nitrogens with two attached hydrogens (primary N) is 1. The maximum atomic E-state index is 11.9. The summed E-state index contributed by atoms with van der Waals surface area (Å²) in [4.78, 5) is 15.5. The Bertz CT molecular complexity index is 491. The zero-order valence-electron chi connectivity index (χ0n) is 11.9. The van der Waals surface area contributed by atoms with Gasteiger partial charge in [-0.2, -0.15) is 0 Å². The molecule has 0 bridgehead atoms. The zero-order valence-corrected chi connectivity index (χ0v) is 11.9. The number of nitrogen functional groups attached to an aromatic ring is 1. The number of nitrogens with zero attached hydrogens (tertiary/aromatic N) is 2. The lowest BCUT2D eigenvalue weighted by Crippen LogP contribution is -2.44. The SMILES string of the molecule is CN(C)C(=O)c1ccc(N2CCOC(CO)C2)c(N)c1. The summed E-state index contributed by atoms with van der Waals surface area (Å²) in [7, 11) is 3.42. The largest absolute Gasteiger partial charge is 0.397 e. The highest BCUT2D eigenvalue weighted by Gasteiger charge is 2.22. The Labute approximate surface area is 118 Å². The summed E-state index contributed by atoms with van der Waals surface area (Å²) in [5, 5.41) is 9.17. The molecule has 0 aromatic heterocycles. The number of morpholine rings is 1. The first kappa shape index (κ1) is 14.6. The van der Waals surface area contributed by atoms with E-state index in [0.717, 1.165) is 12.2 Å². The van der Waals surface area contributed by atoms with Crippen LogP contribution in [0, 0.1) is 0 Å². The first-order valence-electron chi connectivity index (χ1n) is 6.61. The molecule has 1 aliphatic rings. The predicted molar refractivity (Wildman–Crippen MR) is 77.9 cm³/mol. The molecule has 1 atom stereocenters. The molecule has 6 nitrogen and oxygen atoms in total. The Morgan fingerprint density at radius 1 is 1.55 bits per heavy atom. The molecular weight excluding hydrogens is 258 g/mol. The third-order valence-corrected chi connectivity index (χ3v) is 3.36. The van der Waals surface area contributed by atoms with E-state index in [1.165, 1.54) is 4.90 Å². The fourth-order valence-corrected chi connectivity index (χ4v) is 2.28. The van der Waals surface area contributed by atoms with E-state index in [0.29, 0.717) is 24.4 Å². The van der Waals surface area contributed by atoms with Gasteiger partial charge >= 0.3 is 0 Å². The molecule has 3 N–H and O–H groups in total. The molecule has 0 saturated carbocycles. The van der Waals surface area contributed by atoms with E-state index < -0.39 is 0 Å². The van der Waals surface area contributed by atoms with Crippen molar-refractivity contribution in [3.8, 4) is 0 Å². The summed E-state index contributed by atoms with van der Waals surface area (Å²) >= 11 is 0. The van der Waals surface area contributed by atoms with Gasteiger partial charge in [-0.15, -0.1) is 0 Å². The Balaban J connectivity index is 2.19. The number of ether oxygens (including phenoxy) is 1. The van der Waals surface area contributed by atoms with Crippen LogP contribution in [0.4, 0.5) is 11.4 Å². The van der Waals surface area contributed by atoms with Gasteiger partial charge in [0.2, 0.25) is 0 Å². The van der Waals surface area contributed by atoms with E-state index in [4.69, 9.17) is 15.6 Å². The number of carbonyl (C=O) groups is 1. The van der Waals surface area contributed by atoms with Crippen molar-refractivity contribution < 1.29 is 14.6 Å². The third kappa shape index (κ3) is 3.02. The first-order valence-corrected chi connectivity index (χ1v) is 6.61. The summed E-state index contributed by atoms with van der Waals surface area (Å²) in [6, 6.07) is 5.32. The van der Waals surface area contributed by atoms with Crippen molar-refractivity contribution in [1.82, 2.24) is 4.90 Å². The number of rotatable bonds is 3. The minimum atomic E-state index is -0.189. The average molecular weight is 279 g/mol. The Morgan fingerprint density at radius 3 is 2.90 bits per heavy atom. The molecule has 1 aromatic rings. The lowest BCUT2D eigenvalue weighted by molar-refractivity contribution is 0.00360. The van der Waals surface area contributed by atoms with Gasteiger partial charge in [0.05, 0.1) is 30.7 Å². The highest BCUT2D eigenvalue weighted by atomic mass is 16.5. The summed E-state index contributed by atoms with van der Waals surface area (Å²) < 4.78 is 5.42. The lowest BCUT2D eigenvalue weighted by Gasteiger charge is -2.34. The quantitative estimate of drug-likeness (QED) is 0.771. The molecule has 0 spiro atoms. The zero-order chi connectivity index (χ0) is 14.7. The number of aliphatic hydroxyl groups is 1. The van der Waals surface area contributed by atoms with Crippen LogP contribution < -0.4 is 10.6 Å². The molecule has 0 radical (unpaired) electrons. The first-order chi connectivity index (χ1) is 9.52. The van der Waals surface area contributed by atoms with Gasteiger partial charge in [0.1, 0.15) is 0 Å². The van der Waals surface area contributed by atoms with Crippen LogP contribution in [0.1, 0.15) is 10.4 Å². The van der Waals surface area contributed by atoms with Crippen molar-refractivity contribution in [2.24, 2.45) is 0 Å². The van der Waals surface area contributed by atoms with Gasteiger partial charge in [-0.3, -0.25) is 4.79 Å². The topological polar surface area (TPSA) is 79.0 Å². The number of hydrogen-bond acceptors (Lipinski definition) is 5. The number of amides is 1. The molecular formula is C14H21N3O3. The van der Waals surface area contributed by atoms with E-state index >= 15 is 0 Å². The average Bonchev–Trinajstić information content (AvgIpc) is 2.46. The Morgan fingerprint density at radius 2 is 2.30 bits per heavy atom. The number of hydrogen-bond donors (Lipinski definition) is 2. The monoisotopic (exact) mass is 279 g/mol. The summed E-state index contributed by atoms with van der Waals surface area (Å²) in [5.74, 6) is -0.0709. The van der Waals surface area contributed by atoms with Crippen LogP contribution in [0.25, 0.3) is 0 Å². The standard InChI is InChI=1S/C14H21N3O3/c1-16(2)14(19)10-3-4-13(12(15)7-10)17-5-6-20-11(8-17)9-18/h3-4,7,11,18H,5-6,8-9,15H2,1-2H3. The second kappa shape index (κ2) is 6.11. The van der Waals surface area contributed by atoms with Gasteiger partial charge < -0.3 is 25.4 Å².